The molecule has 0 radical (unpaired) electrons. The summed E-state index contributed by atoms with van der Waals surface area (Å²) in [7, 11) is 0. The minimum absolute atomic E-state index is 0.108. The molecule has 0 aromatic heterocycles. The van der Waals surface area contributed by atoms with Gasteiger partial charge in [0.05, 0.1) is 18.5 Å². The Morgan fingerprint density at radius 1 is 2.00 bits per heavy atom. The van der Waals surface area contributed by atoms with Gasteiger partial charge in [-0.05, 0) is 6.92 Å². The molecule has 7 heavy (non-hydrogen) atoms. The zero-order valence-corrected chi connectivity index (χ0v) is 4.09. The Bertz CT molecular complexity index is 94.4. The highest BCUT2D eigenvalue weighted by Crippen LogP contribution is 1.89. The number of nitriles is 1. The summed E-state index contributed by atoms with van der Waals surface area (Å²) < 4.78 is 0. The van der Waals surface area contributed by atoms with Crippen molar-refractivity contribution in [3.05, 3.63) is 4.91 Å². The van der Waals surface area contributed by atoms with E-state index in [-0.39, 0.29) is 12.5 Å². The molecule has 0 N–H and O–H groups in total. The van der Waals surface area contributed by atoms with Crippen LogP contribution in [0.15, 0.2) is 5.18 Å². The van der Waals surface area contributed by atoms with Crippen LogP contribution < -0.4 is 0 Å². The second kappa shape index (κ2) is 3.29. The Morgan fingerprint density at radius 3 is 2.71 bits per heavy atom. The Balaban J connectivity index is 3.21. The highest BCUT2D eigenvalue weighted by Gasteiger charge is 1.94. The zero-order valence-electron chi connectivity index (χ0n) is 4.09. The van der Waals surface area contributed by atoms with Crippen molar-refractivity contribution in [2.45, 2.75) is 6.92 Å². The van der Waals surface area contributed by atoms with E-state index >= 15 is 0 Å². The van der Waals surface area contributed by atoms with Crippen molar-refractivity contribution >= 4 is 0 Å². The van der Waals surface area contributed by atoms with Crippen LogP contribution >= 0.6 is 0 Å². The molecule has 0 bridgehead atoms. The molecule has 0 saturated carbocycles. The second-order valence-electron chi connectivity index (χ2n) is 1.34. The normalized spacial score (nSPS) is 12.0. The molecular formula is C4H6N2O. The summed E-state index contributed by atoms with van der Waals surface area (Å²) in [5.41, 5.74) is 0. The first-order chi connectivity index (χ1) is 3.31. The van der Waals surface area contributed by atoms with Gasteiger partial charge in [-0.15, -0.1) is 0 Å². The Hall–Kier alpha value is -0.910. The molecule has 3 heteroatoms. The van der Waals surface area contributed by atoms with E-state index in [9.17, 15) is 4.91 Å². The quantitative estimate of drug-likeness (QED) is 0.482. The molecule has 1 atom stereocenters. The van der Waals surface area contributed by atoms with Gasteiger partial charge >= 0.3 is 0 Å². The Labute approximate surface area is 41.9 Å². The predicted molar refractivity (Wildman–Crippen MR) is 25.4 cm³/mol. The molecule has 0 aromatic carbocycles. The van der Waals surface area contributed by atoms with E-state index in [0.717, 1.165) is 0 Å². The summed E-state index contributed by atoms with van der Waals surface area (Å²) in [5, 5.41) is 10.6. The number of nitroso groups, excluding NO2 is 1. The van der Waals surface area contributed by atoms with Crippen LogP contribution in [-0.2, 0) is 0 Å². The molecule has 38 valence electrons. The fraction of sp³-hybridized carbons (Fsp3) is 0.750. The average Bonchev–Trinajstić information content (AvgIpc) is 1.68. The van der Waals surface area contributed by atoms with Crippen molar-refractivity contribution in [2.24, 2.45) is 11.1 Å². The summed E-state index contributed by atoms with van der Waals surface area (Å²) in [6, 6.07) is 1.87. The van der Waals surface area contributed by atoms with Crippen molar-refractivity contribution in [1.82, 2.24) is 0 Å². The van der Waals surface area contributed by atoms with Crippen LogP contribution in [0.1, 0.15) is 6.92 Å². The lowest BCUT2D eigenvalue weighted by molar-refractivity contribution is 0.752. The Morgan fingerprint density at radius 2 is 2.57 bits per heavy atom. The number of hydrogen-bond acceptors (Lipinski definition) is 3. The summed E-state index contributed by atoms with van der Waals surface area (Å²) in [6.45, 7) is 1.76. The lowest BCUT2D eigenvalue weighted by Gasteiger charge is -1.85. The van der Waals surface area contributed by atoms with Crippen LogP contribution in [0.5, 0.6) is 0 Å². The fourth-order valence-electron chi connectivity index (χ4n) is 0.153. The van der Waals surface area contributed by atoms with E-state index < -0.39 is 0 Å². The van der Waals surface area contributed by atoms with Gasteiger partial charge in [0.1, 0.15) is 0 Å². The van der Waals surface area contributed by atoms with E-state index in [0.29, 0.717) is 0 Å². The monoisotopic (exact) mass is 98.0 g/mol. The van der Waals surface area contributed by atoms with Gasteiger partial charge in [0.2, 0.25) is 0 Å². The van der Waals surface area contributed by atoms with E-state index in [1.165, 1.54) is 0 Å². The summed E-state index contributed by atoms with van der Waals surface area (Å²) in [4.78, 5) is 9.37. The third-order valence-electron chi connectivity index (χ3n) is 0.569. The lowest BCUT2D eigenvalue weighted by Crippen LogP contribution is -1.91. The minimum Gasteiger partial charge on any atom is -0.198 e. The first-order valence-corrected chi connectivity index (χ1v) is 2.00. The van der Waals surface area contributed by atoms with Gasteiger partial charge in [0.25, 0.3) is 0 Å². The zero-order chi connectivity index (χ0) is 5.70. The highest BCUT2D eigenvalue weighted by atomic mass is 16.3. The molecular weight excluding hydrogens is 92.1 g/mol. The first-order valence-electron chi connectivity index (χ1n) is 2.00. The number of nitrogens with zero attached hydrogens (tertiary/aromatic N) is 2. The molecule has 1 unspecified atom stereocenters. The Kier molecular flexibility index (Phi) is 2.86. The van der Waals surface area contributed by atoms with Crippen LogP contribution in [0.2, 0.25) is 0 Å². The molecule has 0 fully saturated rings. The second-order valence-corrected chi connectivity index (χ2v) is 1.34. The molecule has 0 spiro atoms. The first kappa shape index (κ1) is 6.09. The number of hydrogen-bond donors (Lipinski definition) is 0. The standard InChI is InChI=1S/C4H6N2O/c1-4(2-5)3-6-7/h4H,3H2,1H3. The molecule has 0 aromatic rings. The lowest BCUT2D eigenvalue weighted by atomic mass is 10.2. The molecule has 0 saturated heterocycles. The maximum Gasteiger partial charge on any atom is 0.0966 e. The molecule has 0 rings (SSSR count). The molecule has 0 aliphatic heterocycles. The van der Waals surface area contributed by atoms with Gasteiger partial charge < -0.3 is 0 Å². The summed E-state index contributed by atoms with van der Waals surface area (Å²) >= 11 is 0. The highest BCUT2D eigenvalue weighted by molar-refractivity contribution is 4.79. The van der Waals surface area contributed by atoms with Crippen LogP contribution in [0.4, 0.5) is 0 Å². The fourth-order valence-corrected chi connectivity index (χ4v) is 0.153. The van der Waals surface area contributed by atoms with E-state index in [1.54, 1.807) is 6.92 Å². The van der Waals surface area contributed by atoms with Gasteiger partial charge in [-0.1, -0.05) is 5.18 Å². The third-order valence-corrected chi connectivity index (χ3v) is 0.569. The number of rotatable bonds is 2. The summed E-state index contributed by atoms with van der Waals surface area (Å²) in [5.74, 6) is -0.225. The maximum absolute atomic E-state index is 9.37. The molecule has 0 aliphatic carbocycles. The van der Waals surface area contributed by atoms with Gasteiger partial charge in [-0.25, -0.2) is 0 Å². The SMILES string of the molecule is CC(C#N)CN=O. The third kappa shape index (κ3) is 2.91. The van der Waals surface area contributed by atoms with Crippen molar-refractivity contribution < 1.29 is 0 Å². The van der Waals surface area contributed by atoms with Crippen LogP contribution in [0, 0.1) is 22.2 Å². The van der Waals surface area contributed by atoms with E-state index in [2.05, 4.69) is 5.18 Å². The van der Waals surface area contributed by atoms with Crippen LogP contribution in [-0.4, -0.2) is 6.54 Å². The van der Waals surface area contributed by atoms with E-state index in [1.807, 2.05) is 6.07 Å². The predicted octanol–water partition coefficient (Wildman–Crippen LogP) is 0.912. The van der Waals surface area contributed by atoms with Gasteiger partial charge in [0.15, 0.2) is 0 Å². The topological polar surface area (TPSA) is 53.2 Å². The molecule has 0 amide bonds. The van der Waals surface area contributed by atoms with Crippen LogP contribution in [0.25, 0.3) is 0 Å². The van der Waals surface area contributed by atoms with Crippen molar-refractivity contribution in [1.29, 1.82) is 5.26 Å². The largest absolute Gasteiger partial charge is 0.198 e. The van der Waals surface area contributed by atoms with Crippen molar-refractivity contribution in [3.63, 3.8) is 0 Å². The molecule has 0 aliphatic rings. The average molecular weight is 98.1 g/mol. The van der Waals surface area contributed by atoms with Crippen LogP contribution in [0.3, 0.4) is 0 Å². The van der Waals surface area contributed by atoms with Crippen molar-refractivity contribution in [3.8, 4) is 6.07 Å². The molecule has 0 heterocycles. The van der Waals surface area contributed by atoms with Gasteiger partial charge in [0, 0.05) is 0 Å². The smallest absolute Gasteiger partial charge is 0.0966 e. The molecule has 3 nitrogen and oxygen atoms in total. The van der Waals surface area contributed by atoms with E-state index in [4.69, 9.17) is 5.26 Å². The van der Waals surface area contributed by atoms with Gasteiger partial charge in [-0.3, -0.25) is 0 Å². The van der Waals surface area contributed by atoms with Gasteiger partial charge in [-0.2, -0.15) is 10.2 Å². The summed E-state index contributed by atoms with van der Waals surface area (Å²) in [6.07, 6.45) is 0. The maximum atomic E-state index is 9.37. The van der Waals surface area contributed by atoms with Crippen molar-refractivity contribution in [2.75, 3.05) is 6.54 Å². The minimum atomic E-state index is -0.225.